The normalized spacial score (nSPS) is 19.7. The number of ether oxygens (including phenoxy) is 1. The van der Waals surface area contributed by atoms with Crippen LogP contribution >= 0.6 is 15.9 Å². The Morgan fingerprint density at radius 3 is 3.00 bits per heavy atom. The molecule has 0 aliphatic carbocycles. The van der Waals surface area contributed by atoms with Crippen molar-refractivity contribution in [3.8, 4) is 6.07 Å². The number of nitrogens with one attached hydrogen (secondary N) is 1. The Morgan fingerprint density at radius 1 is 1.63 bits per heavy atom. The first-order valence-electron chi connectivity index (χ1n) is 5.85. The van der Waals surface area contributed by atoms with Crippen LogP contribution in [0.4, 0.5) is 4.39 Å². The van der Waals surface area contributed by atoms with Crippen LogP contribution in [0.3, 0.4) is 0 Å². The molecule has 0 radical (unpaired) electrons. The van der Waals surface area contributed by atoms with E-state index in [1.807, 2.05) is 0 Å². The van der Waals surface area contributed by atoms with E-state index in [2.05, 4.69) is 27.3 Å². The molecule has 4 nitrogen and oxygen atoms in total. The molecule has 2 atom stereocenters. The van der Waals surface area contributed by atoms with Gasteiger partial charge in [0.25, 0.3) is 5.91 Å². The van der Waals surface area contributed by atoms with Gasteiger partial charge in [0.1, 0.15) is 11.9 Å². The van der Waals surface area contributed by atoms with Crippen molar-refractivity contribution in [3.63, 3.8) is 0 Å². The van der Waals surface area contributed by atoms with Gasteiger partial charge in [-0.1, -0.05) is 0 Å². The summed E-state index contributed by atoms with van der Waals surface area (Å²) >= 11 is 3.02. The second-order valence-corrected chi connectivity index (χ2v) is 5.19. The Balaban J connectivity index is 2.06. The molecule has 2 rings (SSSR count). The van der Waals surface area contributed by atoms with E-state index in [1.54, 1.807) is 0 Å². The number of hydrogen-bond donors (Lipinski definition) is 1. The molecule has 0 aromatic heterocycles. The van der Waals surface area contributed by atoms with Crippen LogP contribution < -0.4 is 5.32 Å². The molecule has 1 fully saturated rings. The van der Waals surface area contributed by atoms with E-state index < -0.39 is 11.9 Å². The number of carbonyl (C=O) groups excluding carboxylic acids is 1. The highest BCUT2D eigenvalue weighted by molar-refractivity contribution is 9.10. The summed E-state index contributed by atoms with van der Waals surface area (Å²) in [7, 11) is 0. The summed E-state index contributed by atoms with van der Waals surface area (Å²) in [4.78, 5) is 12.0. The van der Waals surface area contributed by atoms with Gasteiger partial charge in [-0.2, -0.15) is 5.26 Å². The Labute approximate surface area is 118 Å². The Morgan fingerprint density at radius 2 is 2.42 bits per heavy atom. The maximum Gasteiger partial charge on any atom is 0.252 e. The molecule has 1 N–H and O–H groups in total. The molecular weight excluding hydrogens is 315 g/mol. The fourth-order valence-electron chi connectivity index (χ4n) is 1.93. The van der Waals surface area contributed by atoms with E-state index in [4.69, 9.17) is 10.00 Å². The number of hydrogen-bond acceptors (Lipinski definition) is 3. The molecule has 1 saturated heterocycles. The number of nitriles is 1. The fraction of sp³-hybridized carbons (Fsp3) is 0.385. The van der Waals surface area contributed by atoms with Gasteiger partial charge >= 0.3 is 0 Å². The van der Waals surface area contributed by atoms with Gasteiger partial charge in [-0.05, 0) is 40.5 Å². The van der Waals surface area contributed by atoms with Crippen LogP contribution in [0, 0.1) is 23.1 Å². The van der Waals surface area contributed by atoms with Crippen LogP contribution in [0.5, 0.6) is 0 Å². The largest absolute Gasteiger partial charge is 0.381 e. The molecular formula is C13H12BrFN2O2. The zero-order valence-corrected chi connectivity index (χ0v) is 11.6. The Kier molecular flexibility index (Phi) is 4.51. The van der Waals surface area contributed by atoms with Crippen LogP contribution in [0.1, 0.15) is 16.8 Å². The molecule has 2 unspecified atom stereocenters. The van der Waals surface area contributed by atoms with Gasteiger partial charge in [-0.15, -0.1) is 0 Å². The summed E-state index contributed by atoms with van der Waals surface area (Å²) in [6, 6.07) is 5.47. The van der Waals surface area contributed by atoms with Crippen molar-refractivity contribution in [2.45, 2.75) is 12.5 Å². The third kappa shape index (κ3) is 3.31. The van der Waals surface area contributed by atoms with E-state index in [0.717, 1.165) is 6.42 Å². The molecule has 6 heteroatoms. The predicted octanol–water partition coefficient (Wildman–Crippen LogP) is 2.25. The molecule has 0 spiro atoms. The first-order valence-corrected chi connectivity index (χ1v) is 6.64. The number of halogens is 2. The van der Waals surface area contributed by atoms with E-state index in [0.29, 0.717) is 18.8 Å². The Bertz CT molecular complexity index is 524. The molecule has 1 aliphatic rings. The summed E-state index contributed by atoms with van der Waals surface area (Å²) in [5.41, 5.74) is 0.312. The molecule has 19 heavy (non-hydrogen) atoms. The van der Waals surface area contributed by atoms with Crippen molar-refractivity contribution < 1.29 is 13.9 Å². The summed E-state index contributed by atoms with van der Waals surface area (Å²) in [6.07, 6.45) is 0.756. The van der Waals surface area contributed by atoms with Crippen molar-refractivity contribution in [2.75, 3.05) is 13.2 Å². The zero-order chi connectivity index (χ0) is 13.8. The highest BCUT2D eigenvalue weighted by Gasteiger charge is 2.27. The highest BCUT2D eigenvalue weighted by atomic mass is 79.9. The fourth-order valence-corrected chi connectivity index (χ4v) is 2.31. The van der Waals surface area contributed by atoms with E-state index in [9.17, 15) is 9.18 Å². The summed E-state index contributed by atoms with van der Waals surface area (Å²) in [6.45, 7) is 1.09. The third-order valence-corrected chi connectivity index (χ3v) is 3.65. The van der Waals surface area contributed by atoms with Crippen molar-refractivity contribution in [1.29, 1.82) is 5.26 Å². The van der Waals surface area contributed by atoms with Crippen LogP contribution in [-0.4, -0.2) is 25.2 Å². The second-order valence-electron chi connectivity index (χ2n) is 4.33. The van der Waals surface area contributed by atoms with Crippen molar-refractivity contribution in [2.24, 2.45) is 5.92 Å². The van der Waals surface area contributed by atoms with Gasteiger partial charge in [0.15, 0.2) is 0 Å². The lowest BCUT2D eigenvalue weighted by atomic mass is 10.00. The van der Waals surface area contributed by atoms with Crippen LogP contribution in [-0.2, 0) is 4.74 Å². The molecule has 1 aromatic carbocycles. The lowest BCUT2D eigenvalue weighted by Gasteiger charge is -2.16. The van der Waals surface area contributed by atoms with E-state index >= 15 is 0 Å². The average molecular weight is 327 g/mol. The lowest BCUT2D eigenvalue weighted by molar-refractivity contribution is 0.0931. The standard InChI is InChI=1S/C13H12BrFN2O2/c14-10-5-8(1-2-11(10)15)13(18)17-12(6-16)9-3-4-19-7-9/h1-2,5,9,12H,3-4,7H2,(H,17,18). The average Bonchev–Trinajstić information content (AvgIpc) is 2.92. The van der Waals surface area contributed by atoms with E-state index in [1.165, 1.54) is 18.2 Å². The minimum absolute atomic E-state index is 0.0119. The quantitative estimate of drug-likeness (QED) is 0.926. The van der Waals surface area contributed by atoms with Crippen molar-refractivity contribution in [3.05, 3.63) is 34.1 Å². The topological polar surface area (TPSA) is 62.1 Å². The van der Waals surface area contributed by atoms with Crippen molar-refractivity contribution in [1.82, 2.24) is 5.32 Å². The van der Waals surface area contributed by atoms with Crippen LogP contribution in [0.15, 0.2) is 22.7 Å². The monoisotopic (exact) mass is 326 g/mol. The zero-order valence-electron chi connectivity index (χ0n) is 10.0. The molecule has 1 amide bonds. The molecule has 1 heterocycles. The molecule has 1 aromatic rings. The minimum atomic E-state index is -0.584. The molecule has 0 bridgehead atoms. The number of benzene rings is 1. The first-order chi connectivity index (χ1) is 9.11. The SMILES string of the molecule is N#CC(NC(=O)c1ccc(F)c(Br)c1)C1CCOC1. The lowest BCUT2D eigenvalue weighted by Crippen LogP contribution is -2.39. The smallest absolute Gasteiger partial charge is 0.252 e. The first kappa shape index (κ1) is 14.0. The van der Waals surface area contributed by atoms with Gasteiger partial charge in [-0.25, -0.2) is 4.39 Å². The van der Waals surface area contributed by atoms with Gasteiger partial charge < -0.3 is 10.1 Å². The minimum Gasteiger partial charge on any atom is -0.381 e. The Hall–Kier alpha value is -1.45. The van der Waals surface area contributed by atoms with Crippen molar-refractivity contribution >= 4 is 21.8 Å². The van der Waals surface area contributed by atoms with Gasteiger partial charge in [-0.3, -0.25) is 4.79 Å². The van der Waals surface area contributed by atoms with Crippen LogP contribution in [0.2, 0.25) is 0 Å². The number of amides is 1. The summed E-state index contributed by atoms with van der Waals surface area (Å²) in [5, 5.41) is 11.7. The maximum atomic E-state index is 13.1. The van der Waals surface area contributed by atoms with Gasteiger partial charge in [0, 0.05) is 18.1 Å². The molecule has 0 saturated carbocycles. The maximum absolute atomic E-state index is 13.1. The van der Waals surface area contributed by atoms with E-state index in [-0.39, 0.29) is 16.3 Å². The highest BCUT2D eigenvalue weighted by Crippen LogP contribution is 2.19. The van der Waals surface area contributed by atoms with Gasteiger partial charge in [0.2, 0.25) is 0 Å². The predicted molar refractivity (Wildman–Crippen MR) is 69.9 cm³/mol. The third-order valence-electron chi connectivity index (χ3n) is 3.04. The summed E-state index contributed by atoms with van der Waals surface area (Å²) < 4.78 is 18.5. The number of nitrogens with zero attached hydrogens (tertiary/aromatic N) is 1. The summed E-state index contributed by atoms with van der Waals surface area (Å²) in [5.74, 6) is -0.811. The second kappa shape index (κ2) is 6.13. The van der Waals surface area contributed by atoms with Gasteiger partial charge in [0.05, 0.1) is 17.1 Å². The molecule has 1 aliphatic heterocycles. The number of carbonyl (C=O) groups is 1. The number of rotatable bonds is 3. The van der Waals surface area contributed by atoms with Crippen LogP contribution in [0.25, 0.3) is 0 Å². The molecule has 100 valence electrons.